The number of anilines is 2. The Labute approximate surface area is 225 Å². The zero-order chi connectivity index (χ0) is 26.9. The molecule has 14 heteroatoms. The van der Waals surface area contributed by atoms with Gasteiger partial charge in [0.25, 0.3) is 0 Å². The van der Waals surface area contributed by atoms with Gasteiger partial charge in [-0.1, -0.05) is 0 Å². The van der Waals surface area contributed by atoms with E-state index in [4.69, 9.17) is 14.9 Å². The number of furan rings is 1. The highest BCUT2D eigenvalue weighted by Gasteiger charge is 2.21. The summed E-state index contributed by atoms with van der Waals surface area (Å²) in [5.74, 6) is 1.74. The number of halogens is 1. The monoisotopic (exact) mass is 553 g/mol. The molecule has 0 saturated carbocycles. The Morgan fingerprint density at radius 1 is 1.13 bits per heavy atom. The van der Waals surface area contributed by atoms with Crippen molar-refractivity contribution in [3.8, 4) is 17.3 Å². The van der Waals surface area contributed by atoms with Crippen molar-refractivity contribution in [2.24, 2.45) is 0 Å². The van der Waals surface area contributed by atoms with Gasteiger partial charge in [0, 0.05) is 55.8 Å². The van der Waals surface area contributed by atoms with Crippen LogP contribution in [0.3, 0.4) is 0 Å². The summed E-state index contributed by atoms with van der Waals surface area (Å²) in [7, 11) is -0.942. The van der Waals surface area contributed by atoms with E-state index < -0.39 is 10.8 Å². The average Bonchev–Trinajstić information content (AvgIpc) is 3.68. The van der Waals surface area contributed by atoms with Crippen molar-refractivity contribution in [2.45, 2.75) is 6.54 Å². The zero-order valence-electron chi connectivity index (χ0n) is 21.4. The van der Waals surface area contributed by atoms with Crippen molar-refractivity contribution >= 4 is 39.1 Å². The van der Waals surface area contributed by atoms with Gasteiger partial charge in [-0.15, -0.1) is 5.10 Å². The van der Waals surface area contributed by atoms with Crippen molar-refractivity contribution in [2.75, 3.05) is 62.0 Å². The molecule has 0 aliphatic carbocycles. The molecule has 4 aromatic heterocycles. The maximum atomic E-state index is 14.8. The van der Waals surface area contributed by atoms with Gasteiger partial charge in [-0.05, 0) is 24.3 Å². The van der Waals surface area contributed by atoms with E-state index in [0.717, 1.165) is 25.0 Å². The fourth-order valence-corrected chi connectivity index (χ4v) is 5.01. The summed E-state index contributed by atoms with van der Waals surface area (Å²) in [5, 5.41) is 9.71. The predicted octanol–water partition coefficient (Wildman–Crippen LogP) is 2.03. The number of hydrogen-bond acceptors (Lipinski definition) is 10. The van der Waals surface area contributed by atoms with Crippen LogP contribution in [0.25, 0.3) is 28.3 Å². The van der Waals surface area contributed by atoms with Gasteiger partial charge < -0.3 is 19.8 Å². The van der Waals surface area contributed by atoms with Crippen LogP contribution in [-0.4, -0.2) is 89.8 Å². The minimum absolute atomic E-state index is 0.219. The molecule has 0 radical (unpaired) electrons. The summed E-state index contributed by atoms with van der Waals surface area (Å²) in [6.07, 6.45) is 4.91. The summed E-state index contributed by atoms with van der Waals surface area (Å²) in [5.41, 5.74) is 7.97. The molecular formula is C25H28FN9O3S. The third-order valence-corrected chi connectivity index (χ3v) is 7.48. The quantitative estimate of drug-likeness (QED) is 0.289. The van der Waals surface area contributed by atoms with Gasteiger partial charge in [0.05, 0.1) is 42.4 Å². The molecule has 0 unspecified atom stereocenters. The maximum Gasteiger partial charge on any atom is 0.225 e. The lowest BCUT2D eigenvalue weighted by molar-refractivity contribution is 0.245. The lowest BCUT2D eigenvalue weighted by atomic mass is 10.2. The van der Waals surface area contributed by atoms with E-state index in [0.29, 0.717) is 66.3 Å². The summed E-state index contributed by atoms with van der Waals surface area (Å²) in [4.78, 5) is 13.5. The minimum Gasteiger partial charge on any atom is -0.493 e. The number of aromatic nitrogens is 6. The summed E-state index contributed by atoms with van der Waals surface area (Å²) in [6.45, 7) is 4.65. The lowest BCUT2D eigenvalue weighted by Crippen LogP contribution is -2.47. The Bertz CT molecular complexity index is 1630. The second-order valence-corrected chi connectivity index (χ2v) is 10.8. The molecule has 0 spiro atoms. The number of benzene rings is 1. The molecule has 1 aliphatic rings. The topological polar surface area (TPSA) is 133 Å². The molecule has 5 aromatic rings. The number of hydrogen-bond donors (Lipinski definition) is 1. The number of piperazine rings is 1. The van der Waals surface area contributed by atoms with Gasteiger partial charge in [0.2, 0.25) is 11.8 Å². The molecule has 6 rings (SSSR count). The molecule has 2 N–H and O–H groups in total. The summed E-state index contributed by atoms with van der Waals surface area (Å²) in [6, 6.07) is 8.47. The van der Waals surface area contributed by atoms with Gasteiger partial charge in [-0.25, -0.2) is 14.1 Å². The van der Waals surface area contributed by atoms with Crippen molar-refractivity contribution in [3.63, 3.8) is 0 Å². The Morgan fingerprint density at radius 3 is 2.72 bits per heavy atom. The molecule has 1 aromatic carbocycles. The third kappa shape index (κ3) is 5.16. The number of rotatable bonds is 9. The van der Waals surface area contributed by atoms with Gasteiger partial charge in [-0.2, -0.15) is 14.6 Å². The van der Waals surface area contributed by atoms with Crippen molar-refractivity contribution < 1.29 is 17.8 Å². The fourth-order valence-electron chi connectivity index (χ4n) is 4.69. The highest BCUT2D eigenvalue weighted by atomic mass is 32.2. The lowest BCUT2D eigenvalue weighted by Gasteiger charge is -2.36. The summed E-state index contributed by atoms with van der Waals surface area (Å²) < 4.78 is 40.2. The van der Waals surface area contributed by atoms with E-state index in [1.54, 1.807) is 43.0 Å². The Morgan fingerprint density at radius 2 is 1.97 bits per heavy atom. The van der Waals surface area contributed by atoms with Gasteiger partial charge in [0.1, 0.15) is 11.6 Å². The third-order valence-electron chi connectivity index (χ3n) is 6.74. The van der Waals surface area contributed by atoms with Gasteiger partial charge in [0.15, 0.2) is 17.1 Å². The van der Waals surface area contributed by atoms with E-state index in [-0.39, 0.29) is 11.8 Å². The van der Waals surface area contributed by atoms with Crippen LogP contribution in [0.1, 0.15) is 0 Å². The van der Waals surface area contributed by atoms with Crippen molar-refractivity contribution in [1.82, 2.24) is 34.3 Å². The first-order valence-electron chi connectivity index (χ1n) is 12.6. The molecule has 5 heterocycles. The van der Waals surface area contributed by atoms with Gasteiger partial charge >= 0.3 is 0 Å². The van der Waals surface area contributed by atoms with Crippen LogP contribution in [0.2, 0.25) is 0 Å². The van der Waals surface area contributed by atoms with Gasteiger partial charge in [-0.3, -0.25) is 9.11 Å². The molecule has 1 atom stereocenters. The highest BCUT2D eigenvalue weighted by molar-refractivity contribution is 7.84. The van der Waals surface area contributed by atoms with Crippen LogP contribution in [-0.2, 0) is 17.3 Å². The van der Waals surface area contributed by atoms with Crippen LogP contribution in [0.15, 0.2) is 47.2 Å². The summed E-state index contributed by atoms with van der Waals surface area (Å²) >= 11 is 0. The molecule has 1 saturated heterocycles. The van der Waals surface area contributed by atoms with E-state index in [1.807, 2.05) is 9.58 Å². The molecule has 39 heavy (non-hydrogen) atoms. The smallest absolute Gasteiger partial charge is 0.225 e. The zero-order valence-corrected chi connectivity index (χ0v) is 22.2. The SMILES string of the molecule is C[S@](=O)CCOc1ccc(N2CCN(CCn3ncc4c3nc(N)n3nc(-c5ccco5)nc43)CC2)c(F)c1. The standard InChI is InChI=1S/C25H28FN9O3S/c1-39(36)14-13-37-17-4-5-20(19(26)15-17)33-9-6-32(7-10-33)8-11-34-23-18(16-28-34)24-29-22(21-3-2-12-38-21)31-35(24)25(27)30-23/h2-5,12,15-16H,6-11,13-14H2,1H3,(H2,27,30)/t39-/m0/s1. The van der Waals surface area contributed by atoms with Crippen LogP contribution in [0.4, 0.5) is 16.0 Å². The van der Waals surface area contributed by atoms with E-state index in [1.165, 1.54) is 10.6 Å². The highest BCUT2D eigenvalue weighted by Crippen LogP contribution is 2.26. The predicted molar refractivity (Wildman–Crippen MR) is 146 cm³/mol. The molecule has 204 valence electrons. The minimum atomic E-state index is -0.942. The number of nitrogens with two attached hydrogens (primary N) is 1. The van der Waals surface area contributed by atoms with Crippen LogP contribution >= 0.6 is 0 Å². The van der Waals surface area contributed by atoms with E-state index in [9.17, 15) is 8.60 Å². The Balaban J connectivity index is 1.08. The average molecular weight is 554 g/mol. The first kappa shape index (κ1) is 25.2. The number of fused-ring (bicyclic) bond motifs is 3. The second-order valence-electron chi connectivity index (χ2n) is 9.29. The first-order valence-corrected chi connectivity index (χ1v) is 14.3. The number of nitrogens with zero attached hydrogens (tertiary/aromatic N) is 8. The Kier molecular flexibility index (Phi) is 6.87. The largest absolute Gasteiger partial charge is 0.493 e. The first-order chi connectivity index (χ1) is 19.0. The van der Waals surface area contributed by atoms with E-state index >= 15 is 0 Å². The molecular weight excluding hydrogens is 525 g/mol. The Hall–Kier alpha value is -4.04. The number of ether oxygens (including phenoxy) is 1. The molecule has 1 fully saturated rings. The van der Waals surface area contributed by atoms with Crippen LogP contribution in [0, 0.1) is 5.82 Å². The number of nitrogen functional groups attached to an aromatic ring is 1. The van der Waals surface area contributed by atoms with Crippen molar-refractivity contribution in [3.05, 3.63) is 48.6 Å². The van der Waals surface area contributed by atoms with E-state index in [2.05, 4.69) is 25.1 Å². The van der Waals surface area contributed by atoms with Crippen LogP contribution < -0.4 is 15.4 Å². The maximum absolute atomic E-state index is 14.8. The molecule has 0 bridgehead atoms. The molecule has 0 amide bonds. The second kappa shape index (κ2) is 10.6. The molecule has 1 aliphatic heterocycles. The van der Waals surface area contributed by atoms with Crippen LogP contribution in [0.5, 0.6) is 5.75 Å². The molecule has 12 nitrogen and oxygen atoms in total. The normalized spacial score (nSPS) is 15.4. The van der Waals surface area contributed by atoms with Crippen molar-refractivity contribution in [1.29, 1.82) is 0 Å². The fraction of sp³-hybridized carbons (Fsp3) is 0.360.